The van der Waals surface area contributed by atoms with Crippen molar-refractivity contribution in [3.8, 4) is 0 Å². The number of alkyl carbamates (subject to hydrolysis) is 1. The first-order valence-corrected chi connectivity index (χ1v) is 9.76. The summed E-state index contributed by atoms with van der Waals surface area (Å²) in [6.07, 6.45) is -0.439. The summed E-state index contributed by atoms with van der Waals surface area (Å²) < 4.78 is 10.3. The largest absolute Gasteiger partial charge is 0.461 e. The van der Waals surface area contributed by atoms with E-state index in [2.05, 4.69) is 10.6 Å². The van der Waals surface area contributed by atoms with Gasteiger partial charge in [-0.3, -0.25) is 9.59 Å². The lowest BCUT2D eigenvalue weighted by Gasteiger charge is -2.19. The smallest absolute Gasteiger partial charge is 0.407 e. The molecule has 0 heterocycles. The monoisotopic (exact) mass is 412 g/mol. The van der Waals surface area contributed by atoms with Crippen molar-refractivity contribution in [1.82, 2.24) is 5.32 Å². The normalized spacial score (nSPS) is 10.8. The molecule has 2 N–H and O–H groups in total. The third-order valence-electron chi connectivity index (χ3n) is 3.87. The average molecular weight is 412 g/mol. The molecule has 0 aliphatic carbocycles. The Labute approximate surface area is 176 Å². The number of amides is 2. The molecule has 0 radical (unpaired) electrons. The van der Waals surface area contributed by atoms with Crippen LogP contribution < -0.4 is 10.6 Å². The van der Waals surface area contributed by atoms with Gasteiger partial charge in [-0.05, 0) is 44.0 Å². The van der Waals surface area contributed by atoms with Gasteiger partial charge >= 0.3 is 12.1 Å². The van der Waals surface area contributed by atoms with Gasteiger partial charge in [0.25, 0.3) is 0 Å². The predicted octanol–water partition coefficient (Wildman–Crippen LogP) is 4.17. The van der Waals surface area contributed by atoms with Crippen molar-refractivity contribution in [1.29, 1.82) is 0 Å². The van der Waals surface area contributed by atoms with Gasteiger partial charge in [0.2, 0.25) is 5.91 Å². The molecular formula is C23H28N2O5. The van der Waals surface area contributed by atoms with Crippen LogP contribution in [0.5, 0.6) is 0 Å². The summed E-state index contributed by atoms with van der Waals surface area (Å²) in [7, 11) is 0. The summed E-state index contributed by atoms with van der Waals surface area (Å²) in [5, 5.41) is 5.41. The van der Waals surface area contributed by atoms with E-state index < -0.39 is 17.7 Å². The van der Waals surface area contributed by atoms with Crippen LogP contribution in [0.25, 0.3) is 0 Å². The third-order valence-corrected chi connectivity index (χ3v) is 3.87. The van der Waals surface area contributed by atoms with Gasteiger partial charge < -0.3 is 20.1 Å². The number of anilines is 1. The summed E-state index contributed by atoms with van der Waals surface area (Å²) >= 11 is 0. The maximum absolute atomic E-state index is 12.0. The summed E-state index contributed by atoms with van der Waals surface area (Å²) in [6, 6.07) is 16.4. The van der Waals surface area contributed by atoms with Crippen molar-refractivity contribution in [2.24, 2.45) is 0 Å². The number of rotatable bonds is 8. The van der Waals surface area contributed by atoms with Gasteiger partial charge in [0.15, 0.2) is 0 Å². The van der Waals surface area contributed by atoms with Crippen molar-refractivity contribution in [3.63, 3.8) is 0 Å². The first kappa shape index (κ1) is 22.9. The Morgan fingerprint density at radius 3 is 2.17 bits per heavy atom. The summed E-state index contributed by atoms with van der Waals surface area (Å²) in [4.78, 5) is 35.5. The topological polar surface area (TPSA) is 93.7 Å². The number of carbonyl (C=O) groups excluding carboxylic acids is 3. The molecule has 2 aromatic carbocycles. The van der Waals surface area contributed by atoms with Crippen molar-refractivity contribution in [2.45, 2.75) is 52.4 Å². The molecule has 0 unspecified atom stereocenters. The van der Waals surface area contributed by atoms with Crippen LogP contribution in [0.2, 0.25) is 0 Å². The lowest BCUT2D eigenvalue weighted by Crippen LogP contribution is -2.32. The molecule has 0 spiro atoms. The minimum atomic E-state index is -0.549. The maximum atomic E-state index is 12.0. The molecular weight excluding hydrogens is 384 g/mol. The second-order valence-corrected chi connectivity index (χ2v) is 7.75. The molecule has 0 aliphatic heterocycles. The van der Waals surface area contributed by atoms with Gasteiger partial charge in [0, 0.05) is 18.7 Å². The Kier molecular flexibility index (Phi) is 8.41. The fourth-order valence-corrected chi connectivity index (χ4v) is 2.44. The quantitative estimate of drug-likeness (QED) is 0.635. The Hall–Kier alpha value is -3.35. The molecule has 2 amide bonds. The number of carbonyl (C=O) groups is 3. The predicted molar refractivity (Wildman–Crippen MR) is 114 cm³/mol. The van der Waals surface area contributed by atoms with Crippen LogP contribution in [0.4, 0.5) is 10.5 Å². The van der Waals surface area contributed by atoms with Crippen LogP contribution in [-0.4, -0.2) is 23.6 Å². The lowest BCUT2D eigenvalue weighted by molar-refractivity contribution is -0.145. The summed E-state index contributed by atoms with van der Waals surface area (Å²) in [5.41, 5.74) is 1.82. The highest BCUT2D eigenvalue weighted by Crippen LogP contribution is 2.12. The summed E-state index contributed by atoms with van der Waals surface area (Å²) in [5.74, 6) is -0.691. The number of esters is 1. The molecule has 7 nitrogen and oxygen atoms in total. The lowest BCUT2D eigenvalue weighted by atomic mass is 10.2. The second-order valence-electron chi connectivity index (χ2n) is 7.75. The van der Waals surface area contributed by atoms with Crippen molar-refractivity contribution < 1.29 is 23.9 Å². The van der Waals surface area contributed by atoms with E-state index in [4.69, 9.17) is 9.47 Å². The van der Waals surface area contributed by atoms with E-state index in [0.29, 0.717) is 12.2 Å². The fourth-order valence-electron chi connectivity index (χ4n) is 2.44. The molecule has 0 saturated carbocycles. The second kappa shape index (κ2) is 11.0. The van der Waals surface area contributed by atoms with E-state index in [1.54, 1.807) is 45.0 Å². The average Bonchev–Trinajstić information content (AvgIpc) is 2.70. The van der Waals surface area contributed by atoms with Crippen molar-refractivity contribution in [3.05, 3.63) is 65.7 Å². The first-order chi connectivity index (χ1) is 14.2. The molecule has 0 aromatic heterocycles. The SMILES string of the molecule is CC(C)(C)OC(=O)NCc1ccc(NC(=O)CCC(=O)OCc2ccccc2)cc1. The molecule has 0 bridgehead atoms. The molecule has 160 valence electrons. The van der Waals surface area contributed by atoms with E-state index in [9.17, 15) is 14.4 Å². The summed E-state index contributed by atoms with van der Waals surface area (Å²) in [6.45, 7) is 5.91. The Bertz CT molecular complexity index is 842. The Balaban J connectivity index is 1.68. The zero-order chi connectivity index (χ0) is 22.0. The number of benzene rings is 2. The van der Waals surface area contributed by atoms with Gasteiger partial charge in [-0.15, -0.1) is 0 Å². The van der Waals surface area contributed by atoms with Crippen LogP contribution in [0.15, 0.2) is 54.6 Å². The van der Waals surface area contributed by atoms with E-state index >= 15 is 0 Å². The van der Waals surface area contributed by atoms with Crippen LogP contribution in [0.1, 0.15) is 44.7 Å². The molecule has 0 fully saturated rings. The maximum Gasteiger partial charge on any atom is 0.407 e. The van der Waals surface area contributed by atoms with Gasteiger partial charge in [0.05, 0.1) is 6.42 Å². The minimum Gasteiger partial charge on any atom is -0.461 e. The zero-order valence-corrected chi connectivity index (χ0v) is 17.6. The van der Waals surface area contributed by atoms with E-state index in [-0.39, 0.29) is 25.4 Å². The third kappa shape index (κ3) is 9.23. The number of hydrogen-bond donors (Lipinski definition) is 2. The standard InChI is InChI=1S/C23H28N2O5/c1-23(2,3)30-22(28)24-15-17-9-11-19(12-10-17)25-20(26)13-14-21(27)29-16-18-7-5-4-6-8-18/h4-12H,13-16H2,1-3H3,(H,24,28)(H,25,26). The van der Waals surface area contributed by atoms with Crippen LogP contribution in [0, 0.1) is 0 Å². The van der Waals surface area contributed by atoms with Crippen LogP contribution in [0.3, 0.4) is 0 Å². The van der Waals surface area contributed by atoms with Crippen molar-refractivity contribution in [2.75, 3.05) is 5.32 Å². The van der Waals surface area contributed by atoms with Gasteiger partial charge in [-0.2, -0.15) is 0 Å². The Morgan fingerprint density at radius 2 is 1.53 bits per heavy atom. The molecule has 0 saturated heterocycles. The van der Waals surface area contributed by atoms with Crippen molar-refractivity contribution >= 4 is 23.7 Å². The Morgan fingerprint density at radius 1 is 0.867 bits per heavy atom. The molecule has 0 atom stereocenters. The van der Waals surface area contributed by atoms with E-state index in [0.717, 1.165) is 11.1 Å². The fraction of sp³-hybridized carbons (Fsp3) is 0.348. The minimum absolute atomic E-state index is 0.0105. The highest BCUT2D eigenvalue weighted by atomic mass is 16.6. The first-order valence-electron chi connectivity index (χ1n) is 9.76. The van der Waals surface area contributed by atoms with Gasteiger partial charge in [0.1, 0.15) is 12.2 Å². The number of ether oxygens (including phenoxy) is 2. The number of hydrogen-bond acceptors (Lipinski definition) is 5. The van der Waals surface area contributed by atoms with Gasteiger partial charge in [-0.1, -0.05) is 42.5 Å². The highest BCUT2D eigenvalue weighted by Gasteiger charge is 2.15. The van der Waals surface area contributed by atoms with E-state index in [1.165, 1.54) is 0 Å². The zero-order valence-electron chi connectivity index (χ0n) is 17.6. The van der Waals surface area contributed by atoms with E-state index in [1.807, 2.05) is 30.3 Å². The number of nitrogens with one attached hydrogen (secondary N) is 2. The molecule has 2 rings (SSSR count). The molecule has 0 aliphatic rings. The van der Waals surface area contributed by atoms with Gasteiger partial charge in [-0.25, -0.2) is 4.79 Å². The highest BCUT2D eigenvalue weighted by molar-refractivity contribution is 5.92. The van der Waals surface area contributed by atoms with Crippen LogP contribution >= 0.6 is 0 Å². The molecule has 2 aromatic rings. The molecule has 7 heteroatoms. The molecule has 30 heavy (non-hydrogen) atoms. The van der Waals surface area contributed by atoms with Crippen LogP contribution in [-0.2, 0) is 32.2 Å².